The number of aryl methyl sites for hydroxylation is 2. The van der Waals surface area contributed by atoms with Gasteiger partial charge in [-0.05, 0) is 61.4 Å². The van der Waals surface area contributed by atoms with Crippen molar-refractivity contribution in [3.8, 4) is 11.5 Å². The van der Waals surface area contributed by atoms with E-state index in [1.54, 1.807) is 43.3 Å². The Balaban J connectivity index is 1.37. The van der Waals surface area contributed by atoms with E-state index in [1.165, 1.54) is 11.6 Å². The zero-order valence-electron chi connectivity index (χ0n) is 17.1. The summed E-state index contributed by atoms with van der Waals surface area (Å²) < 4.78 is 19.4. The molecule has 31 heavy (non-hydrogen) atoms. The number of rotatable bonds is 5. The lowest BCUT2D eigenvalue weighted by Gasteiger charge is -2.08. The summed E-state index contributed by atoms with van der Waals surface area (Å²) in [6.07, 6.45) is 0.562. The molecule has 0 atom stereocenters. The molecule has 3 aromatic carbocycles. The molecule has 1 aromatic heterocycles. The van der Waals surface area contributed by atoms with Gasteiger partial charge < -0.3 is 15.1 Å². The van der Waals surface area contributed by atoms with Gasteiger partial charge in [-0.1, -0.05) is 35.9 Å². The molecular formula is C24H21FN4O2. The number of anilines is 2. The number of nitrogens with zero attached hydrogens (tertiary/aromatic N) is 2. The third-order valence-corrected chi connectivity index (χ3v) is 4.76. The first kappa shape index (κ1) is 20.3. The SMILES string of the molecule is Cc1ccc(Cc2nnc(-c3ccc(NC(=O)Nc4ccc(C)c(F)c4)cc3)o2)cc1. The summed E-state index contributed by atoms with van der Waals surface area (Å²) in [5.41, 5.74) is 4.51. The van der Waals surface area contributed by atoms with E-state index in [-0.39, 0.29) is 5.82 Å². The summed E-state index contributed by atoms with van der Waals surface area (Å²) >= 11 is 0. The van der Waals surface area contributed by atoms with Gasteiger partial charge in [0, 0.05) is 16.9 Å². The van der Waals surface area contributed by atoms with Crippen molar-refractivity contribution in [3.63, 3.8) is 0 Å². The fraction of sp³-hybridized carbons (Fsp3) is 0.125. The number of benzene rings is 3. The van der Waals surface area contributed by atoms with E-state index < -0.39 is 6.03 Å². The molecule has 0 radical (unpaired) electrons. The molecule has 1 heterocycles. The van der Waals surface area contributed by atoms with E-state index in [4.69, 9.17) is 4.42 Å². The third-order valence-electron chi connectivity index (χ3n) is 4.76. The predicted octanol–water partition coefficient (Wildman–Crippen LogP) is 5.73. The topological polar surface area (TPSA) is 80.0 Å². The van der Waals surface area contributed by atoms with E-state index >= 15 is 0 Å². The predicted molar refractivity (Wildman–Crippen MR) is 117 cm³/mol. The van der Waals surface area contributed by atoms with Crippen LogP contribution < -0.4 is 10.6 Å². The summed E-state index contributed by atoms with van der Waals surface area (Å²) in [7, 11) is 0. The molecule has 6 nitrogen and oxygen atoms in total. The Morgan fingerprint density at radius 2 is 1.58 bits per heavy atom. The van der Waals surface area contributed by atoms with Gasteiger partial charge in [0.2, 0.25) is 11.8 Å². The molecule has 0 aliphatic rings. The highest BCUT2D eigenvalue weighted by Crippen LogP contribution is 2.22. The molecule has 0 fully saturated rings. The Bertz CT molecular complexity index is 1200. The smallest absolute Gasteiger partial charge is 0.323 e. The van der Waals surface area contributed by atoms with Crippen LogP contribution >= 0.6 is 0 Å². The zero-order valence-corrected chi connectivity index (χ0v) is 17.1. The molecule has 0 aliphatic heterocycles. The van der Waals surface area contributed by atoms with Crippen molar-refractivity contribution in [1.29, 1.82) is 0 Å². The van der Waals surface area contributed by atoms with Crippen LogP contribution in [0.4, 0.5) is 20.6 Å². The Morgan fingerprint density at radius 3 is 2.29 bits per heavy atom. The monoisotopic (exact) mass is 416 g/mol. The van der Waals surface area contributed by atoms with Crippen LogP contribution in [0, 0.1) is 19.7 Å². The molecule has 0 bridgehead atoms. The highest BCUT2D eigenvalue weighted by molar-refractivity contribution is 5.99. The fourth-order valence-electron chi connectivity index (χ4n) is 2.98. The lowest BCUT2D eigenvalue weighted by molar-refractivity contribution is 0.262. The van der Waals surface area contributed by atoms with Gasteiger partial charge >= 0.3 is 6.03 Å². The number of nitrogens with one attached hydrogen (secondary N) is 2. The van der Waals surface area contributed by atoms with Gasteiger partial charge in [0.15, 0.2) is 0 Å². The van der Waals surface area contributed by atoms with Crippen LogP contribution in [-0.2, 0) is 6.42 Å². The molecule has 2 N–H and O–H groups in total. The average Bonchev–Trinajstić information content (AvgIpc) is 3.21. The average molecular weight is 416 g/mol. The van der Waals surface area contributed by atoms with E-state index in [0.29, 0.717) is 35.1 Å². The van der Waals surface area contributed by atoms with Crippen LogP contribution in [0.3, 0.4) is 0 Å². The second kappa shape index (κ2) is 8.79. The highest BCUT2D eigenvalue weighted by Gasteiger charge is 2.10. The molecule has 4 aromatic rings. The Kier molecular flexibility index (Phi) is 5.75. The van der Waals surface area contributed by atoms with Crippen molar-refractivity contribution in [2.45, 2.75) is 20.3 Å². The van der Waals surface area contributed by atoms with E-state index in [0.717, 1.165) is 11.1 Å². The Labute approximate surface area is 179 Å². The number of halogens is 1. The molecule has 0 aliphatic carbocycles. The summed E-state index contributed by atoms with van der Waals surface area (Å²) in [6, 6.07) is 19.3. The van der Waals surface area contributed by atoms with Crippen molar-refractivity contribution in [3.05, 3.63) is 95.1 Å². The molecule has 0 saturated carbocycles. The number of amides is 2. The molecule has 4 rings (SSSR count). The third kappa shape index (κ3) is 5.14. The Morgan fingerprint density at radius 1 is 0.903 bits per heavy atom. The second-order valence-corrected chi connectivity index (χ2v) is 7.28. The maximum Gasteiger partial charge on any atom is 0.323 e. The van der Waals surface area contributed by atoms with Gasteiger partial charge in [0.1, 0.15) is 5.82 Å². The minimum Gasteiger partial charge on any atom is -0.420 e. The number of carbonyl (C=O) groups excluding carboxylic acids is 1. The van der Waals surface area contributed by atoms with Crippen LogP contribution in [-0.4, -0.2) is 16.2 Å². The number of hydrogen-bond acceptors (Lipinski definition) is 4. The molecule has 2 amide bonds. The van der Waals surface area contributed by atoms with Gasteiger partial charge in [-0.3, -0.25) is 0 Å². The number of hydrogen-bond donors (Lipinski definition) is 2. The second-order valence-electron chi connectivity index (χ2n) is 7.28. The number of aromatic nitrogens is 2. The normalized spacial score (nSPS) is 10.7. The van der Waals surface area contributed by atoms with Crippen LogP contribution in [0.2, 0.25) is 0 Å². The lowest BCUT2D eigenvalue weighted by atomic mass is 10.1. The van der Waals surface area contributed by atoms with E-state index in [1.807, 2.05) is 31.2 Å². The van der Waals surface area contributed by atoms with Crippen LogP contribution in [0.1, 0.15) is 22.6 Å². The molecule has 7 heteroatoms. The largest absolute Gasteiger partial charge is 0.420 e. The van der Waals surface area contributed by atoms with Gasteiger partial charge in [-0.25, -0.2) is 9.18 Å². The summed E-state index contributed by atoms with van der Waals surface area (Å²) in [4.78, 5) is 12.1. The molecular weight excluding hydrogens is 395 g/mol. The van der Waals surface area contributed by atoms with Gasteiger partial charge in [-0.2, -0.15) is 0 Å². The van der Waals surface area contributed by atoms with Crippen molar-refractivity contribution in [2.75, 3.05) is 10.6 Å². The summed E-state index contributed by atoms with van der Waals surface area (Å²) in [5, 5.41) is 13.5. The van der Waals surface area contributed by atoms with Crippen molar-refractivity contribution in [2.24, 2.45) is 0 Å². The van der Waals surface area contributed by atoms with Gasteiger partial charge in [-0.15, -0.1) is 10.2 Å². The van der Waals surface area contributed by atoms with Crippen LogP contribution in [0.25, 0.3) is 11.5 Å². The Hall–Kier alpha value is -4.00. The highest BCUT2D eigenvalue weighted by atomic mass is 19.1. The van der Waals surface area contributed by atoms with Crippen molar-refractivity contribution in [1.82, 2.24) is 10.2 Å². The first-order valence-corrected chi connectivity index (χ1v) is 9.79. The minimum atomic E-state index is -0.464. The maximum atomic E-state index is 13.6. The standard InChI is InChI=1S/C24H21FN4O2/c1-15-3-6-17(7-4-15)13-22-28-29-23(31-22)18-8-11-19(12-9-18)26-24(30)27-20-10-5-16(2)21(25)14-20/h3-12,14H,13H2,1-2H3,(H2,26,27,30). The first-order chi connectivity index (χ1) is 15.0. The molecule has 156 valence electrons. The maximum absolute atomic E-state index is 13.6. The van der Waals surface area contributed by atoms with Gasteiger partial charge in [0.25, 0.3) is 0 Å². The minimum absolute atomic E-state index is 0.372. The molecule has 0 unspecified atom stereocenters. The van der Waals surface area contributed by atoms with Crippen molar-refractivity contribution >= 4 is 17.4 Å². The van der Waals surface area contributed by atoms with Crippen LogP contribution in [0.5, 0.6) is 0 Å². The van der Waals surface area contributed by atoms with Crippen LogP contribution in [0.15, 0.2) is 71.1 Å². The molecule has 0 saturated heterocycles. The first-order valence-electron chi connectivity index (χ1n) is 9.79. The van der Waals surface area contributed by atoms with E-state index in [9.17, 15) is 9.18 Å². The van der Waals surface area contributed by atoms with Gasteiger partial charge in [0.05, 0.1) is 6.42 Å². The lowest BCUT2D eigenvalue weighted by Crippen LogP contribution is -2.19. The number of urea groups is 1. The fourth-order valence-corrected chi connectivity index (χ4v) is 2.98. The zero-order chi connectivity index (χ0) is 21.8. The van der Waals surface area contributed by atoms with E-state index in [2.05, 4.69) is 20.8 Å². The molecule has 0 spiro atoms. The summed E-state index contributed by atoms with van der Waals surface area (Å²) in [6.45, 7) is 3.70. The summed E-state index contributed by atoms with van der Waals surface area (Å²) in [5.74, 6) is 0.572. The number of carbonyl (C=O) groups is 1. The van der Waals surface area contributed by atoms with Crippen molar-refractivity contribution < 1.29 is 13.6 Å². The quantitative estimate of drug-likeness (QED) is 0.436.